The van der Waals surface area contributed by atoms with E-state index in [0.29, 0.717) is 6.04 Å². The molecule has 1 fully saturated rings. The summed E-state index contributed by atoms with van der Waals surface area (Å²) < 4.78 is 0. The zero-order valence-electron chi connectivity index (χ0n) is 13.2. The van der Waals surface area contributed by atoms with E-state index in [1.165, 1.54) is 31.2 Å². The van der Waals surface area contributed by atoms with E-state index < -0.39 is 0 Å². The maximum absolute atomic E-state index is 4.68. The van der Waals surface area contributed by atoms with E-state index in [9.17, 15) is 0 Å². The fourth-order valence-electron chi connectivity index (χ4n) is 2.81. The Morgan fingerprint density at radius 3 is 2.90 bits per heavy atom. The van der Waals surface area contributed by atoms with E-state index in [2.05, 4.69) is 48.1 Å². The lowest BCUT2D eigenvalue weighted by Crippen LogP contribution is -2.25. The molecule has 0 spiro atoms. The van der Waals surface area contributed by atoms with E-state index in [1.54, 1.807) is 0 Å². The Hall–Kier alpha value is -1.09. The molecule has 2 unspecified atom stereocenters. The second-order valence-corrected chi connectivity index (χ2v) is 6.15. The van der Waals surface area contributed by atoms with Gasteiger partial charge in [0.1, 0.15) is 5.82 Å². The van der Waals surface area contributed by atoms with Crippen LogP contribution >= 0.6 is 0 Å². The molecule has 2 heterocycles. The molecule has 0 bridgehead atoms. The molecule has 1 aliphatic rings. The maximum Gasteiger partial charge on any atom is 0.128 e. The van der Waals surface area contributed by atoms with Crippen LogP contribution < -0.4 is 10.2 Å². The van der Waals surface area contributed by atoms with Gasteiger partial charge in [0.25, 0.3) is 0 Å². The number of hydrogen-bond donors (Lipinski definition) is 1. The van der Waals surface area contributed by atoms with Gasteiger partial charge < -0.3 is 10.2 Å². The van der Waals surface area contributed by atoms with Gasteiger partial charge in [0.15, 0.2) is 0 Å². The van der Waals surface area contributed by atoms with Crippen molar-refractivity contribution in [1.29, 1.82) is 0 Å². The topological polar surface area (TPSA) is 28.2 Å². The highest BCUT2D eigenvalue weighted by atomic mass is 15.2. The molecule has 1 aromatic heterocycles. The van der Waals surface area contributed by atoms with E-state index in [-0.39, 0.29) is 0 Å². The van der Waals surface area contributed by atoms with Crippen molar-refractivity contribution >= 4 is 5.82 Å². The highest BCUT2D eigenvalue weighted by Crippen LogP contribution is 2.22. The van der Waals surface area contributed by atoms with Gasteiger partial charge in [-0.25, -0.2) is 4.98 Å². The van der Waals surface area contributed by atoms with Crippen LogP contribution in [0.2, 0.25) is 0 Å². The normalized spacial score (nSPS) is 21.6. The third-order valence-corrected chi connectivity index (χ3v) is 4.31. The summed E-state index contributed by atoms with van der Waals surface area (Å²) in [6, 6.07) is 4.81. The lowest BCUT2D eigenvalue weighted by molar-refractivity contribution is 0.521. The molecular weight excluding hydrogens is 246 g/mol. The van der Waals surface area contributed by atoms with Gasteiger partial charge in [-0.1, -0.05) is 19.9 Å². The summed E-state index contributed by atoms with van der Waals surface area (Å²) in [4.78, 5) is 7.13. The summed E-state index contributed by atoms with van der Waals surface area (Å²) in [5, 5.41) is 3.51. The van der Waals surface area contributed by atoms with Gasteiger partial charge in [-0.15, -0.1) is 0 Å². The van der Waals surface area contributed by atoms with Gasteiger partial charge in [0.05, 0.1) is 0 Å². The predicted molar refractivity (Wildman–Crippen MR) is 86.2 cm³/mol. The summed E-state index contributed by atoms with van der Waals surface area (Å²) in [5.41, 5.74) is 1.28. The molecule has 0 aliphatic carbocycles. The lowest BCUT2D eigenvalue weighted by atomic mass is 10.0. The Bertz CT molecular complexity index is 388. The molecule has 112 valence electrons. The van der Waals surface area contributed by atoms with Crippen LogP contribution in [0.1, 0.15) is 58.1 Å². The Labute approximate surface area is 123 Å². The molecule has 0 saturated carbocycles. The van der Waals surface area contributed by atoms with Crippen molar-refractivity contribution in [1.82, 2.24) is 10.3 Å². The molecule has 2 rings (SSSR count). The van der Waals surface area contributed by atoms with Crippen molar-refractivity contribution in [2.24, 2.45) is 5.92 Å². The van der Waals surface area contributed by atoms with Gasteiger partial charge >= 0.3 is 0 Å². The molecule has 1 aromatic rings. The molecule has 0 amide bonds. The van der Waals surface area contributed by atoms with Gasteiger partial charge in [0.2, 0.25) is 0 Å². The summed E-state index contributed by atoms with van der Waals surface area (Å²) in [6.07, 6.45) is 7.14. The number of nitrogens with zero attached hydrogens (tertiary/aromatic N) is 2. The van der Waals surface area contributed by atoms with Crippen LogP contribution in [0.25, 0.3) is 0 Å². The Kier molecular flexibility index (Phi) is 5.84. The van der Waals surface area contributed by atoms with Crippen LogP contribution in [-0.2, 0) is 0 Å². The van der Waals surface area contributed by atoms with Gasteiger partial charge in [0, 0.05) is 25.3 Å². The number of aromatic nitrogens is 1. The van der Waals surface area contributed by atoms with Crippen molar-refractivity contribution in [3.05, 3.63) is 23.9 Å². The summed E-state index contributed by atoms with van der Waals surface area (Å²) in [6.45, 7) is 10.1. The number of rotatable bonds is 5. The van der Waals surface area contributed by atoms with Crippen molar-refractivity contribution in [3.8, 4) is 0 Å². The van der Waals surface area contributed by atoms with E-state index in [4.69, 9.17) is 0 Å². The van der Waals surface area contributed by atoms with E-state index >= 15 is 0 Å². The highest BCUT2D eigenvalue weighted by Gasteiger charge is 2.15. The second kappa shape index (κ2) is 7.63. The first-order valence-corrected chi connectivity index (χ1v) is 8.15. The summed E-state index contributed by atoms with van der Waals surface area (Å²) in [5.74, 6) is 2.00. The molecule has 3 heteroatoms. The largest absolute Gasteiger partial charge is 0.357 e. The molecule has 20 heavy (non-hydrogen) atoms. The zero-order chi connectivity index (χ0) is 14.4. The molecule has 2 atom stereocenters. The fraction of sp³-hybridized carbons (Fsp3) is 0.706. The predicted octanol–water partition coefficient (Wildman–Crippen LogP) is 3.77. The third kappa shape index (κ3) is 4.20. The SMILES string of the molecule is CCCNC(C)c1ccc(N2CCCC(C)CC2)nc1. The van der Waals surface area contributed by atoms with Crippen LogP contribution in [0.5, 0.6) is 0 Å². The summed E-state index contributed by atoms with van der Waals surface area (Å²) >= 11 is 0. The van der Waals surface area contributed by atoms with Crippen molar-refractivity contribution < 1.29 is 0 Å². The average molecular weight is 275 g/mol. The average Bonchev–Trinajstić information content (AvgIpc) is 2.70. The Morgan fingerprint density at radius 2 is 2.20 bits per heavy atom. The van der Waals surface area contributed by atoms with Gasteiger partial charge in [-0.3, -0.25) is 0 Å². The number of pyridine rings is 1. The number of hydrogen-bond acceptors (Lipinski definition) is 3. The maximum atomic E-state index is 4.68. The van der Waals surface area contributed by atoms with Crippen LogP contribution in [-0.4, -0.2) is 24.6 Å². The molecule has 0 aromatic carbocycles. The van der Waals surface area contributed by atoms with Gasteiger partial charge in [-0.2, -0.15) is 0 Å². The monoisotopic (exact) mass is 275 g/mol. The standard InChI is InChI=1S/C17H29N3/c1-4-10-18-15(3)16-7-8-17(19-13-16)20-11-5-6-14(2)9-12-20/h7-8,13-15,18H,4-6,9-12H2,1-3H3. The van der Waals surface area contributed by atoms with E-state index in [0.717, 1.165) is 31.4 Å². The minimum Gasteiger partial charge on any atom is -0.357 e. The first-order chi connectivity index (χ1) is 9.70. The van der Waals surface area contributed by atoms with E-state index in [1.807, 2.05) is 6.20 Å². The molecule has 3 nitrogen and oxygen atoms in total. The molecule has 1 aliphatic heterocycles. The third-order valence-electron chi connectivity index (χ3n) is 4.31. The number of anilines is 1. The van der Waals surface area contributed by atoms with Crippen LogP contribution in [0.3, 0.4) is 0 Å². The van der Waals surface area contributed by atoms with Crippen LogP contribution in [0.15, 0.2) is 18.3 Å². The highest BCUT2D eigenvalue weighted by molar-refractivity contribution is 5.39. The van der Waals surface area contributed by atoms with Crippen molar-refractivity contribution in [2.75, 3.05) is 24.5 Å². The van der Waals surface area contributed by atoms with Crippen LogP contribution in [0.4, 0.5) is 5.82 Å². The van der Waals surface area contributed by atoms with Crippen molar-refractivity contribution in [3.63, 3.8) is 0 Å². The molecular formula is C17H29N3. The molecule has 0 radical (unpaired) electrons. The van der Waals surface area contributed by atoms with Gasteiger partial charge in [-0.05, 0) is 56.7 Å². The molecule has 1 N–H and O–H groups in total. The van der Waals surface area contributed by atoms with Crippen molar-refractivity contribution in [2.45, 2.75) is 52.5 Å². The quantitative estimate of drug-likeness (QED) is 0.886. The minimum absolute atomic E-state index is 0.389. The molecule has 1 saturated heterocycles. The van der Waals surface area contributed by atoms with Crippen LogP contribution in [0, 0.1) is 5.92 Å². The minimum atomic E-state index is 0.389. The zero-order valence-corrected chi connectivity index (χ0v) is 13.2. The Morgan fingerprint density at radius 1 is 1.35 bits per heavy atom. The smallest absolute Gasteiger partial charge is 0.128 e. The lowest BCUT2D eigenvalue weighted by Gasteiger charge is -2.22. The second-order valence-electron chi connectivity index (χ2n) is 6.15. The first-order valence-electron chi connectivity index (χ1n) is 8.15. The fourth-order valence-corrected chi connectivity index (χ4v) is 2.81. The summed E-state index contributed by atoms with van der Waals surface area (Å²) in [7, 11) is 0. The Balaban J connectivity index is 1.96. The first kappa shape index (κ1) is 15.3. The number of nitrogens with one attached hydrogen (secondary N) is 1.